The lowest BCUT2D eigenvalue weighted by atomic mass is 9.95. The first-order valence-corrected chi connectivity index (χ1v) is 7.61. The van der Waals surface area contributed by atoms with Gasteiger partial charge in [-0.15, -0.1) is 12.4 Å². The van der Waals surface area contributed by atoms with Crippen LogP contribution in [0.5, 0.6) is 5.75 Å². The summed E-state index contributed by atoms with van der Waals surface area (Å²) in [6.45, 7) is 9.85. The topological polar surface area (TPSA) is 21.3 Å². The third-order valence-electron chi connectivity index (χ3n) is 4.12. The van der Waals surface area contributed by atoms with E-state index in [1.165, 1.54) is 43.5 Å². The van der Waals surface area contributed by atoms with E-state index in [1.54, 1.807) is 0 Å². The van der Waals surface area contributed by atoms with Crippen LogP contribution in [0.4, 0.5) is 0 Å². The van der Waals surface area contributed by atoms with Gasteiger partial charge in [-0.05, 0) is 74.4 Å². The van der Waals surface area contributed by atoms with E-state index >= 15 is 0 Å². The molecule has 0 unspecified atom stereocenters. The normalized spacial score (nSPS) is 16.0. The van der Waals surface area contributed by atoms with Crippen molar-refractivity contribution in [2.45, 2.75) is 46.0 Å². The Labute approximate surface area is 129 Å². The molecule has 0 amide bonds. The van der Waals surface area contributed by atoms with Gasteiger partial charge in [0.05, 0.1) is 6.61 Å². The fourth-order valence-electron chi connectivity index (χ4n) is 2.90. The Hall–Kier alpha value is -0.730. The minimum atomic E-state index is 0. The van der Waals surface area contributed by atoms with Crippen LogP contribution in [-0.4, -0.2) is 19.7 Å². The molecule has 20 heavy (non-hydrogen) atoms. The van der Waals surface area contributed by atoms with Crippen LogP contribution in [0.1, 0.15) is 50.2 Å². The Balaban J connectivity index is 0.00000200. The molecule has 0 aliphatic carbocycles. The molecule has 0 atom stereocenters. The van der Waals surface area contributed by atoms with E-state index in [0.717, 1.165) is 18.3 Å². The number of halogens is 1. The molecule has 2 rings (SSSR count). The molecule has 1 aromatic carbocycles. The first-order chi connectivity index (χ1) is 9.16. The molecule has 0 bridgehead atoms. The lowest BCUT2D eigenvalue weighted by Crippen LogP contribution is -2.28. The second-order valence-electron chi connectivity index (χ2n) is 6.00. The zero-order chi connectivity index (χ0) is 13.7. The van der Waals surface area contributed by atoms with Crippen molar-refractivity contribution in [3.05, 3.63) is 29.3 Å². The second-order valence-corrected chi connectivity index (χ2v) is 6.00. The molecule has 3 heteroatoms. The fraction of sp³-hybridized carbons (Fsp3) is 0.647. The zero-order valence-corrected chi connectivity index (χ0v) is 13.8. The van der Waals surface area contributed by atoms with Crippen LogP contribution in [-0.2, 0) is 0 Å². The quantitative estimate of drug-likeness (QED) is 0.874. The second kappa shape index (κ2) is 8.53. The number of benzene rings is 1. The minimum Gasteiger partial charge on any atom is -0.494 e. The largest absolute Gasteiger partial charge is 0.494 e. The van der Waals surface area contributed by atoms with Crippen molar-refractivity contribution in [3.63, 3.8) is 0 Å². The molecule has 1 saturated heterocycles. The predicted octanol–water partition coefficient (Wildman–Crippen LogP) is 4.31. The molecule has 114 valence electrons. The Morgan fingerprint density at radius 1 is 1.25 bits per heavy atom. The highest BCUT2D eigenvalue weighted by Gasteiger charge is 2.12. The Morgan fingerprint density at radius 2 is 1.95 bits per heavy atom. The summed E-state index contributed by atoms with van der Waals surface area (Å²) in [5.74, 6) is 2.46. The molecule has 1 aromatic rings. The smallest absolute Gasteiger partial charge is 0.119 e. The van der Waals surface area contributed by atoms with Crippen LogP contribution in [0.2, 0.25) is 0 Å². The van der Waals surface area contributed by atoms with Gasteiger partial charge in [0.15, 0.2) is 0 Å². The standard InChI is InChI=1S/C17H27NO.ClH/c1-13(2)17-5-4-16(12-14(17)3)19-11-8-15-6-9-18-10-7-15;/h4-5,12-13,15,18H,6-11H2,1-3H3;1H. The van der Waals surface area contributed by atoms with Crippen LogP contribution >= 0.6 is 12.4 Å². The summed E-state index contributed by atoms with van der Waals surface area (Å²) in [5, 5.41) is 3.41. The molecule has 1 aliphatic heterocycles. The summed E-state index contributed by atoms with van der Waals surface area (Å²) in [4.78, 5) is 0. The highest BCUT2D eigenvalue weighted by atomic mass is 35.5. The van der Waals surface area contributed by atoms with Crippen molar-refractivity contribution in [2.75, 3.05) is 19.7 Å². The van der Waals surface area contributed by atoms with Crippen molar-refractivity contribution < 1.29 is 4.74 Å². The Kier molecular flexibility index (Phi) is 7.39. The Bertz CT molecular complexity index is 400. The van der Waals surface area contributed by atoms with Crippen LogP contribution in [0.25, 0.3) is 0 Å². The highest BCUT2D eigenvalue weighted by molar-refractivity contribution is 5.85. The van der Waals surface area contributed by atoms with Crippen molar-refractivity contribution in [2.24, 2.45) is 5.92 Å². The van der Waals surface area contributed by atoms with Crippen molar-refractivity contribution in [1.29, 1.82) is 0 Å². The number of hydrogen-bond donors (Lipinski definition) is 1. The maximum absolute atomic E-state index is 5.90. The van der Waals surface area contributed by atoms with E-state index in [-0.39, 0.29) is 12.4 Å². The molecule has 0 radical (unpaired) electrons. The third-order valence-corrected chi connectivity index (χ3v) is 4.12. The SMILES string of the molecule is Cc1cc(OCCC2CCNCC2)ccc1C(C)C.Cl. The molecule has 1 heterocycles. The molecule has 1 N–H and O–H groups in total. The van der Waals surface area contributed by atoms with Crippen molar-refractivity contribution >= 4 is 12.4 Å². The minimum absolute atomic E-state index is 0. The predicted molar refractivity (Wildman–Crippen MR) is 88.2 cm³/mol. The Morgan fingerprint density at radius 3 is 2.55 bits per heavy atom. The van der Waals surface area contributed by atoms with E-state index in [2.05, 4.69) is 44.3 Å². The van der Waals surface area contributed by atoms with Crippen molar-refractivity contribution in [3.8, 4) is 5.75 Å². The van der Waals surface area contributed by atoms with E-state index in [1.807, 2.05) is 0 Å². The van der Waals surface area contributed by atoms with Crippen LogP contribution in [0.3, 0.4) is 0 Å². The maximum atomic E-state index is 5.90. The van der Waals surface area contributed by atoms with Crippen molar-refractivity contribution in [1.82, 2.24) is 5.32 Å². The number of rotatable bonds is 5. The summed E-state index contributed by atoms with van der Waals surface area (Å²) >= 11 is 0. The van der Waals surface area contributed by atoms with Gasteiger partial charge in [0.1, 0.15) is 5.75 Å². The number of hydrogen-bond acceptors (Lipinski definition) is 2. The summed E-state index contributed by atoms with van der Waals surface area (Å²) in [7, 11) is 0. The number of aryl methyl sites for hydroxylation is 1. The van der Waals surface area contributed by atoms with E-state index in [4.69, 9.17) is 4.74 Å². The molecule has 2 nitrogen and oxygen atoms in total. The van der Waals surface area contributed by atoms with Gasteiger partial charge >= 0.3 is 0 Å². The average Bonchev–Trinajstić information content (AvgIpc) is 2.39. The lowest BCUT2D eigenvalue weighted by molar-refractivity contribution is 0.251. The molecule has 0 saturated carbocycles. The number of piperidine rings is 1. The van der Waals surface area contributed by atoms with Gasteiger partial charge in [-0.1, -0.05) is 19.9 Å². The van der Waals surface area contributed by atoms with Gasteiger partial charge in [0, 0.05) is 0 Å². The van der Waals surface area contributed by atoms with Gasteiger partial charge in [-0.2, -0.15) is 0 Å². The van der Waals surface area contributed by atoms with Crippen LogP contribution < -0.4 is 10.1 Å². The zero-order valence-electron chi connectivity index (χ0n) is 12.9. The monoisotopic (exact) mass is 297 g/mol. The summed E-state index contributed by atoms with van der Waals surface area (Å²) < 4.78 is 5.90. The van der Waals surface area contributed by atoms with Crippen LogP contribution in [0, 0.1) is 12.8 Å². The van der Waals surface area contributed by atoms with Gasteiger partial charge in [0.2, 0.25) is 0 Å². The van der Waals surface area contributed by atoms with E-state index in [0.29, 0.717) is 5.92 Å². The average molecular weight is 298 g/mol. The molecule has 1 fully saturated rings. The lowest BCUT2D eigenvalue weighted by Gasteiger charge is -2.22. The summed E-state index contributed by atoms with van der Waals surface area (Å²) in [6.07, 6.45) is 3.79. The molecule has 0 aromatic heterocycles. The van der Waals surface area contributed by atoms with Gasteiger partial charge in [-0.3, -0.25) is 0 Å². The number of nitrogens with one attached hydrogen (secondary N) is 1. The number of ether oxygens (including phenoxy) is 1. The molecular formula is C17H28ClNO. The molecular weight excluding hydrogens is 270 g/mol. The van der Waals surface area contributed by atoms with Crippen LogP contribution in [0.15, 0.2) is 18.2 Å². The first-order valence-electron chi connectivity index (χ1n) is 7.61. The molecule has 1 aliphatic rings. The highest BCUT2D eigenvalue weighted by Crippen LogP contribution is 2.24. The molecule has 0 spiro atoms. The summed E-state index contributed by atoms with van der Waals surface area (Å²) in [6, 6.07) is 6.50. The third kappa shape index (κ3) is 4.99. The van der Waals surface area contributed by atoms with Gasteiger partial charge in [0.25, 0.3) is 0 Å². The maximum Gasteiger partial charge on any atom is 0.119 e. The first kappa shape index (κ1) is 17.3. The summed E-state index contributed by atoms with van der Waals surface area (Å²) in [5.41, 5.74) is 2.76. The van der Waals surface area contributed by atoms with E-state index < -0.39 is 0 Å². The fourth-order valence-corrected chi connectivity index (χ4v) is 2.90. The van der Waals surface area contributed by atoms with Gasteiger partial charge < -0.3 is 10.1 Å². The van der Waals surface area contributed by atoms with Gasteiger partial charge in [-0.25, -0.2) is 0 Å². The van der Waals surface area contributed by atoms with E-state index in [9.17, 15) is 0 Å².